The second-order valence-corrected chi connectivity index (χ2v) is 5.55. The molecule has 1 unspecified atom stereocenters. The number of piperazine rings is 1. The lowest BCUT2D eigenvalue weighted by molar-refractivity contribution is 0.190. The van der Waals surface area contributed by atoms with Crippen LogP contribution in [-0.2, 0) is 12.8 Å². The van der Waals surface area contributed by atoms with Gasteiger partial charge in [0.2, 0.25) is 5.89 Å². The van der Waals surface area contributed by atoms with Crippen molar-refractivity contribution < 1.29 is 9.05 Å². The van der Waals surface area contributed by atoms with Gasteiger partial charge in [-0.05, 0) is 27.3 Å². The minimum Gasteiger partial charge on any atom is -0.361 e. The molecule has 0 aliphatic carbocycles. The fraction of sp³-hybridized carbons (Fsp3) is 0.643. The van der Waals surface area contributed by atoms with Gasteiger partial charge in [-0.2, -0.15) is 4.98 Å². The summed E-state index contributed by atoms with van der Waals surface area (Å²) in [5, 5.41) is 11.4. The second-order valence-electron chi connectivity index (χ2n) is 5.55. The summed E-state index contributed by atoms with van der Waals surface area (Å²) in [5.74, 6) is 2.30. The summed E-state index contributed by atoms with van der Waals surface area (Å²) in [6.07, 6.45) is 1.52. The lowest BCUT2D eigenvalue weighted by atomic mass is 10.1. The zero-order valence-corrected chi connectivity index (χ0v) is 12.7. The Morgan fingerprint density at radius 2 is 2.10 bits per heavy atom. The minimum atomic E-state index is 0.190. The van der Waals surface area contributed by atoms with E-state index in [1.165, 1.54) is 0 Å². The van der Waals surface area contributed by atoms with E-state index >= 15 is 0 Å². The van der Waals surface area contributed by atoms with Crippen LogP contribution >= 0.6 is 0 Å². The standard InChI is InChI=1S/C14H21N5O2/c1-9-11(10(2)20-17-9)4-5-13-16-14(18-21-13)12-8-15-6-7-19(12)3/h12,15H,4-8H2,1-3H3. The Morgan fingerprint density at radius 3 is 2.81 bits per heavy atom. The highest BCUT2D eigenvalue weighted by Gasteiger charge is 2.25. The molecule has 21 heavy (non-hydrogen) atoms. The Morgan fingerprint density at radius 1 is 1.24 bits per heavy atom. The van der Waals surface area contributed by atoms with Crippen molar-refractivity contribution in [1.29, 1.82) is 0 Å². The molecule has 3 rings (SSSR count). The number of aromatic nitrogens is 3. The smallest absolute Gasteiger partial charge is 0.227 e. The first kappa shape index (κ1) is 14.2. The zero-order valence-electron chi connectivity index (χ0n) is 12.7. The monoisotopic (exact) mass is 291 g/mol. The van der Waals surface area contributed by atoms with Gasteiger partial charge in [-0.25, -0.2) is 0 Å². The first-order valence-electron chi connectivity index (χ1n) is 7.30. The van der Waals surface area contributed by atoms with Gasteiger partial charge in [0.05, 0.1) is 11.7 Å². The molecule has 2 aromatic heterocycles. The topological polar surface area (TPSA) is 80.2 Å². The van der Waals surface area contributed by atoms with Crippen LogP contribution in [0.4, 0.5) is 0 Å². The summed E-state index contributed by atoms with van der Waals surface area (Å²) in [5.41, 5.74) is 2.06. The molecule has 114 valence electrons. The van der Waals surface area contributed by atoms with Crippen LogP contribution in [0.15, 0.2) is 9.05 Å². The molecule has 3 heterocycles. The van der Waals surface area contributed by atoms with Gasteiger partial charge in [0.25, 0.3) is 0 Å². The van der Waals surface area contributed by atoms with Gasteiger partial charge in [0.15, 0.2) is 5.82 Å². The summed E-state index contributed by atoms with van der Waals surface area (Å²) in [4.78, 5) is 6.78. The Bertz CT molecular complexity index is 587. The number of nitrogens with one attached hydrogen (secondary N) is 1. The summed E-state index contributed by atoms with van der Waals surface area (Å²) in [7, 11) is 2.09. The van der Waals surface area contributed by atoms with Crippen LogP contribution in [0.1, 0.15) is 34.8 Å². The first-order chi connectivity index (χ1) is 10.1. The Kier molecular flexibility index (Phi) is 4.03. The van der Waals surface area contributed by atoms with Crippen LogP contribution in [0.2, 0.25) is 0 Å². The number of hydrogen-bond acceptors (Lipinski definition) is 7. The number of likely N-dealkylation sites (N-methyl/N-ethyl adjacent to an activating group) is 1. The highest BCUT2D eigenvalue weighted by atomic mass is 16.5. The zero-order chi connectivity index (χ0) is 14.8. The van der Waals surface area contributed by atoms with Crippen LogP contribution in [0.5, 0.6) is 0 Å². The van der Waals surface area contributed by atoms with E-state index in [4.69, 9.17) is 9.05 Å². The maximum absolute atomic E-state index is 5.38. The average molecular weight is 291 g/mol. The van der Waals surface area contributed by atoms with Crippen molar-refractivity contribution in [3.8, 4) is 0 Å². The van der Waals surface area contributed by atoms with Gasteiger partial charge < -0.3 is 14.4 Å². The lowest BCUT2D eigenvalue weighted by Gasteiger charge is -2.30. The largest absolute Gasteiger partial charge is 0.361 e. The van der Waals surface area contributed by atoms with E-state index in [-0.39, 0.29) is 6.04 Å². The number of nitrogens with zero attached hydrogens (tertiary/aromatic N) is 4. The quantitative estimate of drug-likeness (QED) is 0.901. The minimum absolute atomic E-state index is 0.190. The van der Waals surface area contributed by atoms with Crippen LogP contribution < -0.4 is 5.32 Å². The van der Waals surface area contributed by atoms with Crippen molar-refractivity contribution in [3.05, 3.63) is 28.7 Å². The van der Waals surface area contributed by atoms with Gasteiger partial charge in [0.1, 0.15) is 5.76 Å². The van der Waals surface area contributed by atoms with Crippen molar-refractivity contribution in [2.75, 3.05) is 26.7 Å². The third-order valence-corrected chi connectivity index (χ3v) is 4.06. The molecule has 0 spiro atoms. The SMILES string of the molecule is Cc1noc(C)c1CCc1nc(C2CNCCN2C)no1. The third-order valence-electron chi connectivity index (χ3n) is 4.06. The Balaban J connectivity index is 1.65. The number of rotatable bonds is 4. The van der Waals surface area contributed by atoms with E-state index in [2.05, 4.69) is 32.6 Å². The van der Waals surface area contributed by atoms with Crippen LogP contribution in [0.25, 0.3) is 0 Å². The molecular formula is C14H21N5O2. The predicted octanol–water partition coefficient (Wildman–Crippen LogP) is 1.04. The second kappa shape index (κ2) is 5.95. The van der Waals surface area contributed by atoms with E-state index < -0.39 is 0 Å². The Labute approximate surface area is 123 Å². The summed E-state index contributed by atoms with van der Waals surface area (Å²) in [6.45, 7) is 6.74. The van der Waals surface area contributed by atoms with Gasteiger partial charge in [-0.15, -0.1) is 0 Å². The maximum atomic E-state index is 5.38. The van der Waals surface area contributed by atoms with Crippen molar-refractivity contribution in [1.82, 2.24) is 25.5 Å². The highest BCUT2D eigenvalue weighted by Crippen LogP contribution is 2.19. The van der Waals surface area contributed by atoms with Gasteiger partial charge >= 0.3 is 0 Å². The molecule has 7 nitrogen and oxygen atoms in total. The molecule has 1 fully saturated rings. The molecule has 1 atom stereocenters. The summed E-state index contributed by atoms with van der Waals surface area (Å²) >= 11 is 0. The molecule has 1 N–H and O–H groups in total. The molecule has 1 saturated heterocycles. The first-order valence-corrected chi connectivity index (χ1v) is 7.30. The molecule has 0 amide bonds. The van der Waals surface area contributed by atoms with E-state index in [1.54, 1.807) is 0 Å². The van der Waals surface area contributed by atoms with Crippen LogP contribution in [0.3, 0.4) is 0 Å². The van der Waals surface area contributed by atoms with Crippen molar-refractivity contribution in [2.24, 2.45) is 0 Å². The number of hydrogen-bond donors (Lipinski definition) is 1. The third kappa shape index (κ3) is 2.98. The number of aryl methyl sites for hydroxylation is 3. The van der Waals surface area contributed by atoms with Crippen molar-refractivity contribution in [2.45, 2.75) is 32.7 Å². The van der Waals surface area contributed by atoms with Gasteiger partial charge in [-0.1, -0.05) is 10.3 Å². The molecule has 0 aromatic carbocycles. The lowest BCUT2D eigenvalue weighted by Crippen LogP contribution is -2.44. The highest BCUT2D eigenvalue weighted by molar-refractivity contribution is 5.21. The van der Waals surface area contributed by atoms with Crippen LogP contribution in [0, 0.1) is 13.8 Å². The van der Waals surface area contributed by atoms with E-state index in [9.17, 15) is 0 Å². The fourth-order valence-electron chi connectivity index (χ4n) is 2.69. The molecule has 0 radical (unpaired) electrons. The fourth-order valence-corrected chi connectivity index (χ4v) is 2.69. The van der Waals surface area contributed by atoms with Gasteiger partial charge in [0, 0.05) is 31.6 Å². The van der Waals surface area contributed by atoms with E-state index in [0.29, 0.717) is 12.3 Å². The molecule has 2 aromatic rings. The van der Waals surface area contributed by atoms with Crippen molar-refractivity contribution >= 4 is 0 Å². The van der Waals surface area contributed by atoms with E-state index in [1.807, 2.05) is 13.8 Å². The van der Waals surface area contributed by atoms with Crippen molar-refractivity contribution in [3.63, 3.8) is 0 Å². The maximum Gasteiger partial charge on any atom is 0.227 e. The molecule has 0 bridgehead atoms. The van der Waals surface area contributed by atoms with E-state index in [0.717, 1.165) is 48.9 Å². The summed E-state index contributed by atoms with van der Waals surface area (Å²) < 4.78 is 10.5. The molecule has 0 saturated carbocycles. The summed E-state index contributed by atoms with van der Waals surface area (Å²) in [6, 6.07) is 0.190. The van der Waals surface area contributed by atoms with Crippen LogP contribution in [-0.4, -0.2) is 46.9 Å². The molecular weight excluding hydrogens is 270 g/mol. The van der Waals surface area contributed by atoms with Gasteiger partial charge in [-0.3, -0.25) is 4.90 Å². The Hall–Kier alpha value is -1.73. The normalized spacial score (nSPS) is 20.0. The molecule has 1 aliphatic rings. The average Bonchev–Trinajstić information content (AvgIpc) is 3.05. The molecule has 7 heteroatoms. The predicted molar refractivity (Wildman–Crippen MR) is 75.9 cm³/mol. The molecule has 1 aliphatic heterocycles.